The number of piperidine rings is 1. The van der Waals surface area contributed by atoms with E-state index in [9.17, 15) is 9.59 Å². The highest BCUT2D eigenvalue weighted by Crippen LogP contribution is 2.19. The molecule has 0 N–H and O–H groups in total. The van der Waals surface area contributed by atoms with Crippen LogP contribution >= 0.6 is 0 Å². The van der Waals surface area contributed by atoms with Crippen molar-refractivity contribution in [3.05, 3.63) is 48.3 Å². The van der Waals surface area contributed by atoms with Gasteiger partial charge in [-0.15, -0.1) is 0 Å². The van der Waals surface area contributed by atoms with Crippen molar-refractivity contribution in [3.8, 4) is 5.69 Å². The van der Waals surface area contributed by atoms with Gasteiger partial charge in [-0.25, -0.2) is 4.68 Å². The van der Waals surface area contributed by atoms with Crippen LogP contribution in [0.15, 0.2) is 42.7 Å². The average Bonchev–Trinajstić information content (AvgIpc) is 3.11. The van der Waals surface area contributed by atoms with Gasteiger partial charge in [-0.3, -0.25) is 9.59 Å². The van der Waals surface area contributed by atoms with Gasteiger partial charge in [0.05, 0.1) is 30.8 Å². The molecule has 3 rings (SSSR count). The maximum Gasteiger partial charge on any atom is 0.309 e. The number of benzene rings is 1. The van der Waals surface area contributed by atoms with Crippen LogP contribution in [0.5, 0.6) is 0 Å². The maximum atomic E-state index is 12.5. The van der Waals surface area contributed by atoms with Crippen LogP contribution in [0.3, 0.4) is 0 Å². The molecule has 0 radical (unpaired) electrons. The topological polar surface area (TPSA) is 64.4 Å². The van der Waals surface area contributed by atoms with Gasteiger partial charge >= 0.3 is 5.97 Å². The van der Waals surface area contributed by atoms with Gasteiger partial charge in [-0.05, 0) is 37.5 Å². The van der Waals surface area contributed by atoms with Crippen LogP contribution in [0.2, 0.25) is 0 Å². The van der Waals surface area contributed by atoms with E-state index >= 15 is 0 Å². The molecule has 1 amide bonds. The third kappa shape index (κ3) is 4.26. The molecule has 1 saturated heterocycles. The van der Waals surface area contributed by atoms with Crippen LogP contribution in [0.1, 0.15) is 25.3 Å². The standard InChI is InChI=1S/C19H23N3O3/c1-2-25-19(24)16-8-10-21(11-9-16)18(23)12-15-13-20-22(14-15)17-6-4-3-5-7-17/h3-7,13-14,16H,2,8-12H2,1H3. The SMILES string of the molecule is CCOC(=O)C1CCN(C(=O)Cc2cnn(-c3ccccc3)c2)CC1. The number of esters is 1. The molecular formula is C19H23N3O3. The van der Waals surface area contributed by atoms with E-state index in [4.69, 9.17) is 4.74 Å². The monoisotopic (exact) mass is 341 g/mol. The second-order valence-corrected chi connectivity index (χ2v) is 6.21. The number of hydrogen-bond acceptors (Lipinski definition) is 4. The van der Waals surface area contributed by atoms with Crippen LogP contribution in [-0.2, 0) is 20.7 Å². The Morgan fingerprint density at radius 3 is 2.60 bits per heavy atom. The minimum Gasteiger partial charge on any atom is -0.466 e. The Hall–Kier alpha value is -2.63. The van der Waals surface area contributed by atoms with E-state index in [0.29, 0.717) is 39.0 Å². The molecule has 1 fully saturated rings. The first-order chi connectivity index (χ1) is 12.2. The predicted octanol–water partition coefficient (Wildman–Crippen LogP) is 2.22. The summed E-state index contributed by atoms with van der Waals surface area (Å²) in [6.07, 6.45) is 5.30. The summed E-state index contributed by atoms with van der Waals surface area (Å²) >= 11 is 0. The maximum absolute atomic E-state index is 12.5. The van der Waals surface area contributed by atoms with E-state index in [-0.39, 0.29) is 17.8 Å². The van der Waals surface area contributed by atoms with Gasteiger partial charge in [-0.1, -0.05) is 18.2 Å². The lowest BCUT2D eigenvalue weighted by Gasteiger charge is -2.30. The Bertz CT molecular complexity index is 719. The molecule has 1 aromatic heterocycles. The first kappa shape index (κ1) is 17.2. The van der Waals surface area contributed by atoms with E-state index in [1.807, 2.05) is 48.4 Å². The minimum absolute atomic E-state index is 0.0786. The third-order valence-corrected chi connectivity index (χ3v) is 4.48. The number of likely N-dealkylation sites (tertiary alicyclic amines) is 1. The second kappa shape index (κ2) is 7.96. The van der Waals surface area contributed by atoms with Gasteiger partial charge in [0.2, 0.25) is 5.91 Å². The fourth-order valence-corrected chi connectivity index (χ4v) is 3.08. The number of aromatic nitrogens is 2. The lowest BCUT2D eigenvalue weighted by Crippen LogP contribution is -2.41. The van der Waals surface area contributed by atoms with Crippen LogP contribution in [0.4, 0.5) is 0 Å². The minimum atomic E-state index is -0.140. The Morgan fingerprint density at radius 1 is 1.20 bits per heavy atom. The largest absolute Gasteiger partial charge is 0.466 e. The highest BCUT2D eigenvalue weighted by Gasteiger charge is 2.28. The molecule has 0 aliphatic carbocycles. The summed E-state index contributed by atoms with van der Waals surface area (Å²) in [5.74, 6) is -0.140. The number of para-hydroxylation sites is 1. The summed E-state index contributed by atoms with van der Waals surface area (Å²) in [5.41, 5.74) is 1.86. The zero-order chi connectivity index (χ0) is 17.6. The summed E-state index contributed by atoms with van der Waals surface area (Å²) in [7, 11) is 0. The van der Waals surface area contributed by atoms with Gasteiger partial charge in [0, 0.05) is 19.3 Å². The van der Waals surface area contributed by atoms with Crippen molar-refractivity contribution in [3.63, 3.8) is 0 Å². The molecule has 2 aromatic rings. The number of ether oxygens (including phenoxy) is 1. The Morgan fingerprint density at radius 2 is 1.92 bits per heavy atom. The fourth-order valence-electron chi connectivity index (χ4n) is 3.08. The molecule has 25 heavy (non-hydrogen) atoms. The number of carbonyl (C=O) groups excluding carboxylic acids is 2. The lowest BCUT2D eigenvalue weighted by atomic mass is 9.96. The summed E-state index contributed by atoms with van der Waals surface area (Å²) in [6, 6.07) is 9.81. The van der Waals surface area contributed by atoms with Crippen molar-refractivity contribution in [2.24, 2.45) is 5.92 Å². The predicted molar refractivity (Wildman–Crippen MR) is 93.2 cm³/mol. The van der Waals surface area contributed by atoms with E-state index in [1.165, 1.54) is 0 Å². The van der Waals surface area contributed by atoms with Gasteiger partial charge in [-0.2, -0.15) is 5.10 Å². The molecule has 0 saturated carbocycles. The fraction of sp³-hybridized carbons (Fsp3) is 0.421. The average molecular weight is 341 g/mol. The number of rotatable bonds is 5. The van der Waals surface area contributed by atoms with Crippen LogP contribution in [0, 0.1) is 5.92 Å². The summed E-state index contributed by atoms with van der Waals surface area (Å²) in [6.45, 7) is 3.43. The molecular weight excluding hydrogens is 318 g/mol. The first-order valence-electron chi connectivity index (χ1n) is 8.70. The van der Waals surface area contributed by atoms with E-state index < -0.39 is 0 Å². The summed E-state index contributed by atoms with van der Waals surface area (Å²) in [5, 5.41) is 4.33. The number of carbonyl (C=O) groups is 2. The highest BCUT2D eigenvalue weighted by atomic mass is 16.5. The Balaban J connectivity index is 1.54. The quantitative estimate of drug-likeness (QED) is 0.782. The molecule has 1 aromatic carbocycles. The summed E-state index contributed by atoms with van der Waals surface area (Å²) < 4.78 is 6.84. The molecule has 1 aliphatic rings. The lowest BCUT2D eigenvalue weighted by molar-refractivity contribution is -0.151. The van der Waals surface area contributed by atoms with Crippen molar-refractivity contribution in [1.29, 1.82) is 0 Å². The third-order valence-electron chi connectivity index (χ3n) is 4.48. The first-order valence-corrected chi connectivity index (χ1v) is 8.70. The van der Waals surface area contributed by atoms with Gasteiger partial charge in [0.25, 0.3) is 0 Å². The van der Waals surface area contributed by atoms with Crippen molar-refractivity contribution in [1.82, 2.24) is 14.7 Å². The highest BCUT2D eigenvalue weighted by molar-refractivity contribution is 5.79. The molecule has 6 heteroatoms. The molecule has 0 spiro atoms. The van der Waals surface area contributed by atoms with Crippen LogP contribution < -0.4 is 0 Å². The molecule has 132 valence electrons. The van der Waals surface area contributed by atoms with Gasteiger partial charge in [0.1, 0.15) is 0 Å². The van der Waals surface area contributed by atoms with E-state index in [1.54, 1.807) is 10.9 Å². The molecule has 0 atom stereocenters. The number of hydrogen-bond donors (Lipinski definition) is 0. The van der Waals surface area contributed by atoms with Crippen molar-refractivity contribution < 1.29 is 14.3 Å². The van der Waals surface area contributed by atoms with Gasteiger partial charge < -0.3 is 9.64 Å². The smallest absolute Gasteiger partial charge is 0.309 e. The van der Waals surface area contributed by atoms with Crippen molar-refractivity contribution >= 4 is 11.9 Å². The Kier molecular flexibility index (Phi) is 5.48. The zero-order valence-corrected chi connectivity index (χ0v) is 14.4. The molecule has 1 aliphatic heterocycles. The summed E-state index contributed by atoms with van der Waals surface area (Å²) in [4.78, 5) is 26.1. The van der Waals surface area contributed by atoms with Crippen LogP contribution in [0.25, 0.3) is 5.69 Å². The molecule has 0 bridgehead atoms. The zero-order valence-electron chi connectivity index (χ0n) is 14.4. The van der Waals surface area contributed by atoms with E-state index in [0.717, 1.165) is 11.3 Å². The van der Waals surface area contributed by atoms with Crippen molar-refractivity contribution in [2.75, 3.05) is 19.7 Å². The number of nitrogens with zero attached hydrogens (tertiary/aromatic N) is 3. The molecule has 2 heterocycles. The second-order valence-electron chi connectivity index (χ2n) is 6.21. The molecule has 0 unspecified atom stereocenters. The molecule has 6 nitrogen and oxygen atoms in total. The number of amides is 1. The Labute approximate surface area is 147 Å². The van der Waals surface area contributed by atoms with Crippen LogP contribution in [-0.4, -0.2) is 46.3 Å². The van der Waals surface area contributed by atoms with Crippen molar-refractivity contribution in [2.45, 2.75) is 26.2 Å². The normalized spacial score (nSPS) is 15.2. The van der Waals surface area contributed by atoms with E-state index in [2.05, 4.69) is 5.10 Å². The van der Waals surface area contributed by atoms with Gasteiger partial charge in [0.15, 0.2) is 0 Å².